The molecule has 1 aliphatic rings. The van der Waals surface area contributed by atoms with E-state index in [2.05, 4.69) is 0 Å². The van der Waals surface area contributed by atoms with Gasteiger partial charge in [-0.25, -0.2) is 8.42 Å². The third-order valence-electron chi connectivity index (χ3n) is 3.45. The lowest BCUT2D eigenvalue weighted by Crippen LogP contribution is -2.47. The summed E-state index contributed by atoms with van der Waals surface area (Å²) in [6, 6.07) is -0.00961. The summed E-state index contributed by atoms with van der Waals surface area (Å²) < 4.78 is 23.7. The Bertz CT molecular complexity index is 367. The van der Waals surface area contributed by atoms with Crippen molar-refractivity contribution in [1.29, 1.82) is 0 Å². The number of carbonyl (C=O) groups excluding carboxylic acids is 1. The molecule has 0 aromatic carbocycles. The average molecular weight is 262 g/mol. The summed E-state index contributed by atoms with van der Waals surface area (Å²) in [5.41, 5.74) is 5.44. The zero-order valence-electron chi connectivity index (χ0n) is 10.6. The van der Waals surface area contributed by atoms with Gasteiger partial charge in [0.2, 0.25) is 5.91 Å². The quantitative estimate of drug-likeness (QED) is 0.782. The summed E-state index contributed by atoms with van der Waals surface area (Å²) in [5, 5.41) is -0.832. The number of hydrogen-bond donors (Lipinski definition) is 1. The van der Waals surface area contributed by atoms with Gasteiger partial charge in [0.15, 0.2) is 9.84 Å². The minimum Gasteiger partial charge on any atom is -0.342 e. The second kappa shape index (κ2) is 5.82. The molecular formula is C11H22N2O3S. The Morgan fingerprint density at radius 3 is 2.65 bits per heavy atom. The van der Waals surface area contributed by atoms with Crippen molar-refractivity contribution in [3.05, 3.63) is 0 Å². The average Bonchev–Trinajstić information content (AvgIpc) is 2.27. The first-order valence-electron chi connectivity index (χ1n) is 6.08. The maximum Gasteiger partial charge on any atom is 0.240 e. The van der Waals surface area contributed by atoms with Crippen LogP contribution in [0.15, 0.2) is 0 Å². The highest BCUT2D eigenvalue weighted by atomic mass is 32.2. The van der Waals surface area contributed by atoms with Crippen LogP contribution in [-0.2, 0) is 14.6 Å². The lowest BCUT2D eigenvalue weighted by Gasteiger charge is -2.30. The van der Waals surface area contributed by atoms with E-state index in [1.54, 1.807) is 7.05 Å². The molecule has 5 nitrogen and oxygen atoms in total. The molecule has 1 saturated heterocycles. The van der Waals surface area contributed by atoms with Crippen LogP contribution >= 0.6 is 0 Å². The molecule has 1 amide bonds. The van der Waals surface area contributed by atoms with Gasteiger partial charge in [-0.15, -0.1) is 0 Å². The van der Waals surface area contributed by atoms with Crippen molar-refractivity contribution < 1.29 is 13.2 Å². The molecular weight excluding hydrogens is 240 g/mol. The second-order valence-corrected chi connectivity index (χ2v) is 7.03. The van der Waals surface area contributed by atoms with Crippen LogP contribution in [0.3, 0.4) is 0 Å². The van der Waals surface area contributed by atoms with Crippen molar-refractivity contribution in [2.45, 2.75) is 43.9 Å². The summed E-state index contributed by atoms with van der Waals surface area (Å²) in [7, 11) is -1.58. The first kappa shape index (κ1) is 14.4. The molecule has 2 N–H and O–H groups in total. The minimum atomic E-state index is -3.24. The molecule has 1 heterocycles. The minimum absolute atomic E-state index is 0.00961. The van der Waals surface area contributed by atoms with Crippen molar-refractivity contribution in [1.82, 2.24) is 4.90 Å². The third kappa shape index (κ3) is 3.42. The molecule has 0 aromatic rings. The van der Waals surface area contributed by atoms with Crippen LogP contribution in [0, 0.1) is 0 Å². The zero-order valence-corrected chi connectivity index (χ0v) is 11.4. The Hall–Kier alpha value is -0.620. The molecule has 0 radical (unpaired) electrons. The molecule has 1 rings (SSSR count). The number of sulfone groups is 1. The van der Waals surface area contributed by atoms with Crippen molar-refractivity contribution >= 4 is 15.7 Å². The van der Waals surface area contributed by atoms with Crippen molar-refractivity contribution in [3.63, 3.8) is 0 Å². The van der Waals surface area contributed by atoms with E-state index in [1.165, 1.54) is 4.90 Å². The summed E-state index contributed by atoms with van der Waals surface area (Å²) >= 11 is 0. The van der Waals surface area contributed by atoms with Gasteiger partial charge in [-0.3, -0.25) is 4.79 Å². The Balaban J connectivity index is 2.74. The van der Waals surface area contributed by atoms with Gasteiger partial charge in [-0.2, -0.15) is 0 Å². The van der Waals surface area contributed by atoms with Gasteiger partial charge in [0.25, 0.3) is 0 Å². The molecule has 17 heavy (non-hydrogen) atoms. The van der Waals surface area contributed by atoms with Gasteiger partial charge in [0.05, 0.1) is 5.75 Å². The second-order valence-electron chi connectivity index (χ2n) is 4.73. The normalized spacial score (nSPS) is 25.2. The highest BCUT2D eigenvalue weighted by molar-refractivity contribution is 7.92. The Kier molecular flexibility index (Phi) is 4.94. The van der Waals surface area contributed by atoms with E-state index >= 15 is 0 Å². The van der Waals surface area contributed by atoms with Gasteiger partial charge < -0.3 is 10.6 Å². The molecule has 0 aromatic heterocycles. The highest BCUT2D eigenvalue weighted by Gasteiger charge is 2.37. The molecule has 0 aliphatic carbocycles. The number of nitrogens with two attached hydrogens (primary N) is 1. The molecule has 0 spiro atoms. The van der Waals surface area contributed by atoms with Crippen LogP contribution in [-0.4, -0.2) is 49.9 Å². The molecule has 1 fully saturated rings. The molecule has 0 bridgehead atoms. The lowest BCUT2D eigenvalue weighted by molar-refractivity contribution is -0.131. The van der Waals surface area contributed by atoms with Crippen LogP contribution in [0.1, 0.15) is 32.6 Å². The van der Waals surface area contributed by atoms with Crippen molar-refractivity contribution in [2.75, 3.05) is 19.3 Å². The van der Waals surface area contributed by atoms with Gasteiger partial charge in [-0.1, -0.05) is 6.42 Å². The number of carbonyl (C=O) groups is 1. The monoisotopic (exact) mass is 262 g/mol. The van der Waals surface area contributed by atoms with E-state index in [9.17, 15) is 13.2 Å². The summed E-state index contributed by atoms with van der Waals surface area (Å²) in [6.07, 6.45) is 2.64. The molecule has 2 unspecified atom stereocenters. The van der Waals surface area contributed by atoms with E-state index in [4.69, 9.17) is 5.73 Å². The number of rotatable bonds is 4. The number of amides is 1. The fourth-order valence-electron chi connectivity index (χ4n) is 2.11. The van der Waals surface area contributed by atoms with Gasteiger partial charge in [0.1, 0.15) is 5.25 Å². The van der Waals surface area contributed by atoms with Crippen LogP contribution in [0.2, 0.25) is 0 Å². The van der Waals surface area contributed by atoms with Crippen LogP contribution < -0.4 is 5.73 Å². The molecule has 2 atom stereocenters. The third-order valence-corrected chi connectivity index (χ3v) is 5.61. The zero-order chi connectivity index (χ0) is 13.1. The SMILES string of the molecule is CC(CCN)N(C)C(=O)C1CCCCS1(=O)=O. The summed E-state index contributed by atoms with van der Waals surface area (Å²) in [4.78, 5) is 13.7. The highest BCUT2D eigenvalue weighted by Crippen LogP contribution is 2.22. The predicted molar refractivity (Wildman–Crippen MR) is 67.3 cm³/mol. The number of hydrogen-bond acceptors (Lipinski definition) is 4. The number of nitrogens with zero attached hydrogens (tertiary/aromatic N) is 1. The maximum atomic E-state index is 12.1. The molecule has 1 aliphatic heterocycles. The standard InChI is InChI=1S/C11H22N2O3S/c1-9(6-7-12)13(2)11(14)10-5-3-4-8-17(10,15)16/h9-10H,3-8,12H2,1-2H3. The van der Waals surface area contributed by atoms with Crippen molar-refractivity contribution in [3.8, 4) is 0 Å². The van der Waals surface area contributed by atoms with E-state index in [0.717, 1.165) is 6.42 Å². The van der Waals surface area contributed by atoms with Crippen LogP contribution in [0.25, 0.3) is 0 Å². The van der Waals surface area contributed by atoms with E-state index in [0.29, 0.717) is 25.8 Å². The molecule has 0 saturated carbocycles. The van der Waals surface area contributed by atoms with Crippen LogP contribution in [0.4, 0.5) is 0 Å². The fourth-order valence-corrected chi connectivity index (χ4v) is 4.00. The lowest BCUT2D eigenvalue weighted by atomic mass is 10.1. The first-order valence-corrected chi connectivity index (χ1v) is 7.80. The van der Waals surface area contributed by atoms with Crippen molar-refractivity contribution in [2.24, 2.45) is 5.73 Å². The Morgan fingerprint density at radius 1 is 1.47 bits per heavy atom. The van der Waals surface area contributed by atoms with Gasteiger partial charge >= 0.3 is 0 Å². The van der Waals surface area contributed by atoms with Crippen LogP contribution in [0.5, 0.6) is 0 Å². The topological polar surface area (TPSA) is 80.5 Å². The van der Waals surface area contributed by atoms with E-state index in [1.807, 2.05) is 6.92 Å². The Labute approximate surface area is 103 Å². The van der Waals surface area contributed by atoms with Gasteiger partial charge in [-0.05, 0) is 32.7 Å². The maximum absolute atomic E-state index is 12.1. The van der Waals surface area contributed by atoms with Gasteiger partial charge in [0, 0.05) is 13.1 Å². The first-order chi connectivity index (χ1) is 7.90. The predicted octanol–water partition coefficient (Wildman–Crippen LogP) is 0.149. The Morgan fingerprint density at radius 2 is 2.12 bits per heavy atom. The largest absolute Gasteiger partial charge is 0.342 e. The summed E-state index contributed by atoms with van der Waals surface area (Å²) in [5.74, 6) is -0.131. The summed E-state index contributed by atoms with van der Waals surface area (Å²) in [6.45, 7) is 2.39. The smallest absolute Gasteiger partial charge is 0.240 e. The van der Waals surface area contributed by atoms with E-state index < -0.39 is 15.1 Å². The molecule has 100 valence electrons. The fraction of sp³-hybridized carbons (Fsp3) is 0.909. The molecule has 6 heteroatoms. The van der Waals surface area contributed by atoms with E-state index in [-0.39, 0.29) is 17.7 Å².